The topological polar surface area (TPSA) is 51.8 Å². The fourth-order valence-electron chi connectivity index (χ4n) is 4.40. The normalized spacial score (nSPS) is 10.7. The molecule has 0 aliphatic heterocycles. The van der Waals surface area contributed by atoms with Crippen LogP contribution in [-0.4, -0.2) is 15.0 Å². The van der Waals surface area contributed by atoms with Crippen molar-refractivity contribution in [3.05, 3.63) is 127 Å². The van der Waals surface area contributed by atoms with Gasteiger partial charge in [0.2, 0.25) is 0 Å². The van der Waals surface area contributed by atoms with Crippen molar-refractivity contribution in [2.75, 3.05) is 0 Å². The zero-order chi connectivity index (χ0) is 25.2. The monoisotopic (exact) mass is 670 g/mol. The molecule has 4 heterocycles. The van der Waals surface area contributed by atoms with Gasteiger partial charge in [0.05, 0.1) is 5.58 Å². The van der Waals surface area contributed by atoms with Crippen molar-refractivity contribution in [3.63, 3.8) is 0 Å². The van der Waals surface area contributed by atoms with E-state index in [1.807, 2.05) is 80.8 Å². The molecule has 0 amide bonds. The number of fused-ring (bicyclic) bond motifs is 5. The Kier molecular flexibility index (Phi) is 7.41. The van der Waals surface area contributed by atoms with Crippen LogP contribution in [0.1, 0.15) is 11.3 Å². The van der Waals surface area contributed by atoms with Crippen molar-refractivity contribution in [1.29, 1.82) is 0 Å². The smallest absolute Gasteiger partial charge is 0.128 e. The Bertz CT molecular complexity index is 1790. The number of benzene rings is 3. The molecule has 0 N–H and O–H groups in total. The molecular weight excluding hydrogens is 647 g/mol. The van der Waals surface area contributed by atoms with Gasteiger partial charge in [0, 0.05) is 60.5 Å². The quantitative estimate of drug-likeness (QED) is 0.174. The second-order valence-corrected chi connectivity index (χ2v) is 8.90. The molecule has 0 unspecified atom stereocenters. The van der Waals surface area contributed by atoms with E-state index in [1.54, 1.807) is 6.20 Å². The first-order valence-electron chi connectivity index (χ1n) is 12.1. The summed E-state index contributed by atoms with van der Waals surface area (Å²) in [4.78, 5) is 13.1. The minimum Gasteiger partial charge on any atom is -0.500 e. The summed E-state index contributed by atoms with van der Waals surface area (Å²) >= 11 is 0. The van der Waals surface area contributed by atoms with E-state index in [0.29, 0.717) is 0 Å². The zero-order valence-electron chi connectivity index (χ0n) is 20.9. The van der Waals surface area contributed by atoms with Crippen molar-refractivity contribution in [2.24, 2.45) is 0 Å². The molecule has 0 bridgehead atoms. The van der Waals surface area contributed by atoms with Gasteiger partial charge in [-0.3, -0.25) is 4.98 Å². The maximum Gasteiger partial charge on any atom is 0.128 e. The van der Waals surface area contributed by atoms with Crippen LogP contribution in [-0.2, 0) is 20.1 Å². The molecule has 0 saturated carbocycles. The number of furan rings is 1. The Morgan fingerprint density at radius 3 is 2.29 bits per heavy atom. The van der Waals surface area contributed by atoms with Crippen molar-refractivity contribution < 1.29 is 24.5 Å². The Balaban J connectivity index is 0.000000191. The van der Waals surface area contributed by atoms with Crippen molar-refractivity contribution >= 4 is 32.7 Å². The maximum absolute atomic E-state index is 6.34. The summed E-state index contributed by atoms with van der Waals surface area (Å²) in [6.07, 6.45) is 5.55. The number of rotatable bonds is 2. The van der Waals surface area contributed by atoms with Crippen LogP contribution in [0, 0.1) is 26.0 Å². The molecule has 0 atom stereocenters. The molecule has 38 heavy (non-hydrogen) atoms. The zero-order valence-corrected chi connectivity index (χ0v) is 23.3. The third-order valence-corrected chi connectivity index (χ3v) is 6.25. The molecule has 0 fully saturated rings. The van der Waals surface area contributed by atoms with Gasteiger partial charge >= 0.3 is 0 Å². The molecule has 5 heteroatoms. The Labute approximate surface area is 234 Å². The molecular formula is C33H23IrN3O-2. The number of pyridine rings is 3. The molecule has 3 aromatic carbocycles. The minimum atomic E-state index is 0. The van der Waals surface area contributed by atoms with Crippen LogP contribution >= 0.6 is 0 Å². The third kappa shape index (κ3) is 4.99. The summed E-state index contributed by atoms with van der Waals surface area (Å²) in [5, 5.41) is 4.36. The molecule has 0 aliphatic rings. The number of hydrogen-bond acceptors (Lipinski definition) is 4. The summed E-state index contributed by atoms with van der Waals surface area (Å²) in [5.41, 5.74) is 7.62. The SMILES string of the molecule is Cc1ccc(-c2[c-]ccc3c2oc2c4cc(C)ncc4ccc32)nc1.[Ir].[c-]1ccccc1-c1ccccn1. The second kappa shape index (κ2) is 11.1. The first-order chi connectivity index (χ1) is 18.2. The molecule has 0 saturated heterocycles. The van der Waals surface area contributed by atoms with Crippen LogP contribution in [0.4, 0.5) is 0 Å². The van der Waals surface area contributed by atoms with Gasteiger partial charge in [0.15, 0.2) is 0 Å². The Morgan fingerprint density at radius 1 is 0.658 bits per heavy atom. The Hall–Kier alpha value is -4.18. The Morgan fingerprint density at radius 2 is 1.53 bits per heavy atom. The van der Waals surface area contributed by atoms with Crippen LogP contribution in [0.15, 0.2) is 108 Å². The van der Waals surface area contributed by atoms with Gasteiger partial charge < -0.3 is 14.4 Å². The average molecular weight is 670 g/mol. The van der Waals surface area contributed by atoms with E-state index in [0.717, 1.165) is 66.5 Å². The average Bonchev–Trinajstić information content (AvgIpc) is 3.34. The van der Waals surface area contributed by atoms with E-state index < -0.39 is 0 Å². The molecule has 7 aromatic rings. The van der Waals surface area contributed by atoms with Crippen molar-refractivity contribution in [2.45, 2.75) is 13.8 Å². The van der Waals surface area contributed by atoms with E-state index in [1.165, 1.54) is 0 Å². The number of nitrogens with zero attached hydrogens (tertiary/aromatic N) is 3. The van der Waals surface area contributed by atoms with Gasteiger partial charge in [0.1, 0.15) is 5.58 Å². The summed E-state index contributed by atoms with van der Waals surface area (Å²) in [6, 6.07) is 34.5. The van der Waals surface area contributed by atoms with Gasteiger partial charge in [0.25, 0.3) is 0 Å². The van der Waals surface area contributed by atoms with Gasteiger partial charge in [-0.2, -0.15) is 0 Å². The summed E-state index contributed by atoms with van der Waals surface area (Å²) in [6.45, 7) is 4.03. The molecule has 7 rings (SSSR count). The number of aryl methyl sites for hydroxylation is 2. The summed E-state index contributed by atoms with van der Waals surface area (Å²) < 4.78 is 6.34. The predicted octanol–water partition coefficient (Wildman–Crippen LogP) is 8.16. The minimum absolute atomic E-state index is 0. The maximum atomic E-state index is 6.34. The van der Waals surface area contributed by atoms with Crippen molar-refractivity contribution in [3.8, 4) is 22.5 Å². The largest absolute Gasteiger partial charge is 0.500 e. The standard InChI is InChI=1S/C22H15N2O.C11H8N.Ir/c1-13-6-9-20(24-11-13)18-5-3-4-16-17-8-7-15-12-23-14(2)10-19(15)22(17)25-21(16)18;1-2-6-10(7-3-1)11-8-4-5-9-12-11;/h3-4,6-12H,1-2H3;1-6,8-9H;/q2*-1;. The molecule has 0 spiro atoms. The molecule has 0 aliphatic carbocycles. The van der Waals surface area contributed by atoms with E-state index in [2.05, 4.69) is 57.4 Å². The summed E-state index contributed by atoms with van der Waals surface area (Å²) in [5.74, 6) is 0. The fraction of sp³-hybridized carbons (Fsp3) is 0.0606. The van der Waals surface area contributed by atoms with Crippen LogP contribution in [0.25, 0.3) is 55.2 Å². The van der Waals surface area contributed by atoms with Crippen LogP contribution in [0.5, 0.6) is 0 Å². The van der Waals surface area contributed by atoms with E-state index in [9.17, 15) is 0 Å². The van der Waals surface area contributed by atoms with E-state index >= 15 is 0 Å². The van der Waals surface area contributed by atoms with Crippen molar-refractivity contribution in [1.82, 2.24) is 15.0 Å². The van der Waals surface area contributed by atoms with Crippen LogP contribution in [0.3, 0.4) is 0 Å². The van der Waals surface area contributed by atoms with Crippen LogP contribution in [0.2, 0.25) is 0 Å². The number of hydrogen-bond donors (Lipinski definition) is 0. The first kappa shape index (κ1) is 25.5. The predicted molar refractivity (Wildman–Crippen MR) is 149 cm³/mol. The van der Waals surface area contributed by atoms with Gasteiger partial charge in [-0.05, 0) is 42.9 Å². The van der Waals surface area contributed by atoms with E-state index in [4.69, 9.17) is 4.42 Å². The molecule has 4 aromatic heterocycles. The molecule has 187 valence electrons. The van der Waals surface area contributed by atoms with Gasteiger partial charge in [-0.25, -0.2) is 0 Å². The molecule has 4 nitrogen and oxygen atoms in total. The third-order valence-electron chi connectivity index (χ3n) is 6.25. The molecule has 1 radical (unpaired) electrons. The number of aromatic nitrogens is 3. The van der Waals surface area contributed by atoms with Gasteiger partial charge in [-0.1, -0.05) is 47.3 Å². The first-order valence-corrected chi connectivity index (χ1v) is 12.1. The second-order valence-electron chi connectivity index (χ2n) is 8.90. The van der Waals surface area contributed by atoms with Gasteiger partial charge in [-0.15, -0.1) is 54.1 Å². The fourth-order valence-corrected chi connectivity index (χ4v) is 4.40. The van der Waals surface area contributed by atoms with Crippen LogP contribution < -0.4 is 0 Å². The van der Waals surface area contributed by atoms with E-state index in [-0.39, 0.29) is 20.1 Å². The summed E-state index contributed by atoms with van der Waals surface area (Å²) in [7, 11) is 0.